The van der Waals surface area contributed by atoms with E-state index in [-0.39, 0.29) is 25.9 Å². The molecule has 0 spiro atoms. The lowest BCUT2D eigenvalue weighted by atomic mass is 10.4. The molecule has 0 aromatic carbocycles. The first-order valence-electron chi connectivity index (χ1n) is 5.02. The molecule has 7 heteroatoms. The van der Waals surface area contributed by atoms with E-state index < -0.39 is 11.2 Å². The number of hydrogen-bond acceptors (Lipinski definition) is 5. The normalized spacial score (nSPS) is 10.2. The van der Waals surface area contributed by atoms with Gasteiger partial charge in [0.05, 0.1) is 6.61 Å². The molecule has 1 rings (SSSR count). The van der Waals surface area contributed by atoms with Gasteiger partial charge in [0.2, 0.25) is 0 Å². The van der Waals surface area contributed by atoms with E-state index in [9.17, 15) is 14.4 Å². The van der Waals surface area contributed by atoms with Crippen LogP contribution in [-0.4, -0.2) is 28.7 Å². The molecule has 0 bridgehead atoms. The Kier molecular flexibility index (Phi) is 4.65. The summed E-state index contributed by atoms with van der Waals surface area (Å²) in [5.41, 5.74) is -0.521. The molecule has 0 amide bonds. The largest absolute Gasteiger partial charge is 0.463 e. The highest BCUT2D eigenvalue weighted by atomic mass is 16.6. The van der Waals surface area contributed by atoms with Gasteiger partial charge in [-0.05, 0) is 6.92 Å². The minimum absolute atomic E-state index is 0.00226. The number of esters is 1. The van der Waals surface area contributed by atoms with Gasteiger partial charge in [0.25, 0.3) is 5.56 Å². The average molecular weight is 242 g/mol. The average Bonchev–Trinajstić information content (AvgIpc) is 2.24. The van der Waals surface area contributed by atoms with Gasteiger partial charge >= 0.3 is 11.7 Å². The Morgan fingerprint density at radius 1 is 1.41 bits per heavy atom. The second kappa shape index (κ2) is 6.00. The van der Waals surface area contributed by atoms with E-state index in [4.69, 9.17) is 4.74 Å². The van der Waals surface area contributed by atoms with Gasteiger partial charge in [-0.1, -0.05) is 0 Å². The zero-order valence-electron chi connectivity index (χ0n) is 9.69. The first kappa shape index (κ1) is 13.2. The van der Waals surface area contributed by atoms with Gasteiger partial charge < -0.3 is 9.47 Å². The Morgan fingerprint density at radius 2 is 2.12 bits per heavy atom. The van der Waals surface area contributed by atoms with Crippen molar-refractivity contribution < 1.29 is 14.3 Å². The van der Waals surface area contributed by atoms with Gasteiger partial charge in [-0.2, -0.15) is 0 Å². The van der Waals surface area contributed by atoms with Gasteiger partial charge in [0.15, 0.2) is 0 Å². The summed E-state index contributed by atoms with van der Waals surface area (Å²) in [5.74, 6) is -0.384. The topological polar surface area (TPSA) is 90.4 Å². The van der Waals surface area contributed by atoms with Crippen LogP contribution in [-0.2, 0) is 21.0 Å². The molecule has 1 N–H and O–H groups in total. The molecule has 0 unspecified atom stereocenters. The number of carbonyl (C=O) groups is 1. The molecule has 0 saturated carbocycles. The molecule has 94 valence electrons. The number of rotatable bonds is 5. The SMILES string of the molecule is CC(=O)OCCOCn1cc(C)c(=O)[nH]c1=O. The maximum atomic E-state index is 11.3. The van der Waals surface area contributed by atoms with Crippen LogP contribution in [0.4, 0.5) is 0 Å². The van der Waals surface area contributed by atoms with Crippen LogP contribution in [0.1, 0.15) is 12.5 Å². The van der Waals surface area contributed by atoms with Crippen LogP contribution in [0.3, 0.4) is 0 Å². The lowest BCUT2D eigenvalue weighted by Crippen LogP contribution is -2.31. The Hall–Kier alpha value is -1.89. The molecule has 0 fully saturated rings. The van der Waals surface area contributed by atoms with Crippen LogP contribution >= 0.6 is 0 Å². The van der Waals surface area contributed by atoms with E-state index in [0.717, 1.165) is 0 Å². The van der Waals surface area contributed by atoms with Gasteiger partial charge in [-0.25, -0.2) is 4.79 Å². The summed E-state index contributed by atoms with van der Waals surface area (Å²) in [6.45, 7) is 3.21. The fourth-order valence-corrected chi connectivity index (χ4v) is 1.12. The fourth-order valence-electron chi connectivity index (χ4n) is 1.12. The molecule has 0 aliphatic heterocycles. The highest BCUT2D eigenvalue weighted by molar-refractivity contribution is 5.65. The molecule has 0 radical (unpaired) electrons. The van der Waals surface area contributed by atoms with Gasteiger partial charge in [0, 0.05) is 18.7 Å². The summed E-state index contributed by atoms with van der Waals surface area (Å²) in [6.07, 6.45) is 1.41. The number of hydrogen-bond donors (Lipinski definition) is 1. The number of H-pyrrole nitrogens is 1. The zero-order valence-corrected chi connectivity index (χ0v) is 9.69. The predicted octanol–water partition coefficient (Wildman–Crippen LogP) is -0.618. The van der Waals surface area contributed by atoms with Crippen LogP contribution in [0.5, 0.6) is 0 Å². The lowest BCUT2D eigenvalue weighted by Gasteiger charge is -2.07. The molecule has 0 saturated heterocycles. The number of carbonyl (C=O) groups excluding carboxylic acids is 1. The van der Waals surface area contributed by atoms with E-state index in [1.807, 2.05) is 0 Å². The van der Waals surface area contributed by atoms with Gasteiger partial charge in [-0.3, -0.25) is 19.1 Å². The number of aromatic nitrogens is 2. The van der Waals surface area contributed by atoms with Crippen molar-refractivity contribution in [2.45, 2.75) is 20.6 Å². The second-order valence-electron chi connectivity index (χ2n) is 3.42. The second-order valence-corrected chi connectivity index (χ2v) is 3.42. The summed E-state index contributed by atoms with van der Waals surface area (Å²) >= 11 is 0. The van der Waals surface area contributed by atoms with Crippen molar-refractivity contribution >= 4 is 5.97 Å². The van der Waals surface area contributed by atoms with Crippen molar-refractivity contribution in [3.05, 3.63) is 32.6 Å². The van der Waals surface area contributed by atoms with Gasteiger partial charge in [0.1, 0.15) is 13.3 Å². The number of ether oxygens (including phenoxy) is 2. The van der Waals surface area contributed by atoms with Crippen molar-refractivity contribution in [2.75, 3.05) is 13.2 Å². The van der Waals surface area contributed by atoms with Gasteiger partial charge in [-0.15, -0.1) is 0 Å². The van der Waals surface area contributed by atoms with E-state index in [2.05, 4.69) is 9.72 Å². The lowest BCUT2D eigenvalue weighted by molar-refractivity contribution is -0.142. The standard InChI is InChI=1S/C10H14N2O5/c1-7-5-12(10(15)11-9(7)14)6-16-3-4-17-8(2)13/h5H,3-4,6H2,1-2H3,(H,11,14,15). The number of aromatic amines is 1. The monoisotopic (exact) mass is 242 g/mol. The third kappa shape index (κ3) is 4.23. The van der Waals surface area contributed by atoms with Crippen molar-refractivity contribution in [3.63, 3.8) is 0 Å². The molecule has 0 atom stereocenters. The Morgan fingerprint density at radius 3 is 2.76 bits per heavy atom. The molecular weight excluding hydrogens is 228 g/mol. The molecule has 1 aromatic heterocycles. The molecule has 0 aliphatic carbocycles. The first-order valence-corrected chi connectivity index (χ1v) is 5.02. The fraction of sp³-hybridized carbons (Fsp3) is 0.500. The predicted molar refractivity (Wildman–Crippen MR) is 58.6 cm³/mol. The Labute approximate surface area is 97.0 Å². The summed E-state index contributed by atoms with van der Waals surface area (Å²) < 4.78 is 11.0. The number of aryl methyl sites for hydroxylation is 1. The van der Waals surface area contributed by atoms with E-state index in [0.29, 0.717) is 5.56 Å². The molecule has 17 heavy (non-hydrogen) atoms. The molecule has 1 heterocycles. The van der Waals surface area contributed by atoms with E-state index >= 15 is 0 Å². The molecule has 0 aliphatic rings. The summed E-state index contributed by atoms with van der Waals surface area (Å²) in [5, 5.41) is 0. The third-order valence-electron chi connectivity index (χ3n) is 1.95. The molecule has 1 aromatic rings. The van der Waals surface area contributed by atoms with E-state index in [1.165, 1.54) is 17.7 Å². The maximum absolute atomic E-state index is 11.3. The van der Waals surface area contributed by atoms with Crippen LogP contribution < -0.4 is 11.2 Å². The number of nitrogens with one attached hydrogen (secondary N) is 1. The number of nitrogens with zero attached hydrogens (tertiary/aromatic N) is 1. The van der Waals surface area contributed by atoms with Crippen LogP contribution in [0.15, 0.2) is 15.8 Å². The molecular formula is C10H14N2O5. The Bertz CT molecular complexity index is 502. The quantitative estimate of drug-likeness (QED) is 0.549. The van der Waals surface area contributed by atoms with Crippen molar-refractivity contribution in [1.29, 1.82) is 0 Å². The van der Waals surface area contributed by atoms with Crippen molar-refractivity contribution in [1.82, 2.24) is 9.55 Å². The van der Waals surface area contributed by atoms with E-state index in [1.54, 1.807) is 6.92 Å². The third-order valence-corrected chi connectivity index (χ3v) is 1.95. The minimum atomic E-state index is -0.534. The molecule has 7 nitrogen and oxygen atoms in total. The zero-order chi connectivity index (χ0) is 12.8. The summed E-state index contributed by atoms with van der Waals surface area (Å²) in [6, 6.07) is 0. The first-order chi connectivity index (χ1) is 8.00. The highest BCUT2D eigenvalue weighted by Gasteiger charge is 2.00. The van der Waals surface area contributed by atoms with Crippen molar-refractivity contribution in [3.8, 4) is 0 Å². The smallest absolute Gasteiger partial charge is 0.330 e. The van der Waals surface area contributed by atoms with Crippen molar-refractivity contribution in [2.24, 2.45) is 0 Å². The highest BCUT2D eigenvalue weighted by Crippen LogP contribution is 1.86. The summed E-state index contributed by atoms with van der Waals surface area (Å²) in [4.78, 5) is 35.0. The van der Waals surface area contributed by atoms with Crippen LogP contribution in [0, 0.1) is 6.92 Å². The maximum Gasteiger partial charge on any atom is 0.330 e. The summed E-state index contributed by atoms with van der Waals surface area (Å²) in [7, 11) is 0. The van der Waals surface area contributed by atoms with Crippen LogP contribution in [0.25, 0.3) is 0 Å². The Balaban J connectivity index is 2.47. The minimum Gasteiger partial charge on any atom is -0.463 e. The van der Waals surface area contributed by atoms with Crippen LogP contribution in [0.2, 0.25) is 0 Å².